The molecule has 4 N–H and O–H groups in total. The molecular weight excluding hydrogens is 616 g/mol. The molecule has 8 nitrogen and oxygen atoms in total. The Labute approximate surface area is 235 Å². The first-order chi connectivity index (χ1) is 18.3. The zero-order valence-corrected chi connectivity index (χ0v) is 23.3. The van der Waals surface area contributed by atoms with Gasteiger partial charge in [0.05, 0.1) is 36.4 Å². The van der Waals surface area contributed by atoms with Crippen molar-refractivity contribution in [1.82, 2.24) is 19.9 Å². The minimum absolute atomic E-state index is 1.07. The number of H-pyrrole nitrogens is 2. The second-order valence-electron chi connectivity index (χ2n) is 8.57. The summed E-state index contributed by atoms with van der Waals surface area (Å²) in [5.41, 5.74) is 10.5. The molecule has 0 saturated carbocycles. The van der Waals surface area contributed by atoms with Gasteiger partial charge >= 0.3 is 11.9 Å². The maximum Gasteiger partial charge on any atom is 0.414 e. The monoisotopic (exact) mass is 638 g/mol. The van der Waals surface area contributed by atoms with E-state index >= 15 is 0 Å². The van der Waals surface area contributed by atoms with Crippen LogP contribution >= 0.6 is 31.9 Å². The lowest BCUT2D eigenvalue weighted by Gasteiger charge is -2.00. The summed E-state index contributed by atoms with van der Waals surface area (Å²) < 4.78 is 2.32. The lowest BCUT2D eigenvalue weighted by molar-refractivity contribution is -0.159. The Hall–Kier alpha value is -3.76. The van der Waals surface area contributed by atoms with Crippen LogP contribution < -0.4 is 0 Å². The maximum atomic E-state index is 9.10. The molecule has 0 spiro atoms. The first-order valence-corrected chi connectivity index (χ1v) is 13.3. The molecular formula is C28H24Br2N4O4. The molecule has 4 aromatic rings. The van der Waals surface area contributed by atoms with E-state index in [0.29, 0.717) is 0 Å². The summed E-state index contributed by atoms with van der Waals surface area (Å²) >= 11 is 7.02. The Morgan fingerprint density at radius 2 is 1.13 bits per heavy atom. The van der Waals surface area contributed by atoms with Crippen LogP contribution in [0, 0.1) is 0 Å². The Bertz CT molecular complexity index is 1380. The first kappa shape index (κ1) is 27.3. The molecule has 0 aliphatic heterocycles. The molecule has 0 unspecified atom stereocenters. The number of carboxylic acid groups (broad SMARTS) is 2. The van der Waals surface area contributed by atoms with Gasteiger partial charge in [-0.05, 0) is 95.5 Å². The number of hydrogen-bond donors (Lipinski definition) is 4. The highest BCUT2D eigenvalue weighted by atomic mass is 79.9. The zero-order chi connectivity index (χ0) is 27.1. The van der Waals surface area contributed by atoms with Gasteiger partial charge in [0.2, 0.25) is 0 Å². The fraction of sp³-hybridized carbons (Fsp3) is 0.143. The number of fused-ring (bicyclic) bond motifs is 2. The molecule has 6 rings (SSSR count). The van der Waals surface area contributed by atoms with Crippen LogP contribution in [0.15, 0.2) is 70.4 Å². The number of nitrogens with one attached hydrogen (secondary N) is 2. The van der Waals surface area contributed by atoms with Gasteiger partial charge in [0, 0.05) is 8.95 Å². The number of imidazole rings is 2. The number of aromatic nitrogens is 4. The first-order valence-electron chi connectivity index (χ1n) is 11.7. The molecule has 0 bridgehead atoms. The zero-order valence-electron chi connectivity index (χ0n) is 20.1. The molecule has 0 amide bonds. The molecule has 194 valence electrons. The standard InChI is InChI=1S/2C13H11BrN2.C2H2O4/c2*14-11-3-4-13-9(5-11)1-2-10(13)6-12-7-15-8-16-12;3-1(4)2(5)6/h2*3-8H,1-2H2,(H,15,16);(H,3,4)(H,5,6)/b2*10-6-;. The highest BCUT2D eigenvalue weighted by molar-refractivity contribution is 9.10. The largest absolute Gasteiger partial charge is 0.473 e. The van der Waals surface area contributed by atoms with Gasteiger partial charge in [0.25, 0.3) is 0 Å². The average molecular weight is 640 g/mol. The highest BCUT2D eigenvalue weighted by Crippen LogP contribution is 2.35. The topological polar surface area (TPSA) is 132 Å². The second kappa shape index (κ2) is 12.7. The van der Waals surface area contributed by atoms with Crippen molar-refractivity contribution in [2.75, 3.05) is 0 Å². The van der Waals surface area contributed by atoms with E-state index in [0.717, 1.165) is 46.0 Å². The summed E-state index contributed by atoms with van der Waals surface area (Å²) in [5, 5.41) is 14.8. The average Bonchev–Trinajstić information content (AvgIpc) is 3.70. The van der Waals surface area contributed by atoms with Gasteiger partial charge < -0.3 is 20.2 Å². The van der Waals surface area contributed by atoms with Crippen molar-refractivity contribution < 1.29 is 19.8 Å². The third-order valence-corrected chi connectivity index (χ3v) is 7.02. The summed E-state index contributed by atoms with van der Waals surface area (Å²) in [6.07, 6.45) is 16.0. The van der Waals surface area contributed by atoms with Gasteiger partial charge in [0.1, 0.15) is 0 Å². The minimum Gasteiger partial charge on any atom is -0.473 e. The Kier molecular flexibility index (Phi) is 9.09. The van der Waals surface area contributed by atoms with Crippen LogP contribution in [-0.2, 0) is 22.4 Å². The Morgan fingerprint density at radius 3 is 1.47 bits per heavy atom. The fourth-order valence-corrected chi connectivity index (χ4v) is 5.16. The number of aliphatic carboxylic acids is 2. The fourth-order valence-electron chi connectivity index (χ4n) is 4.34. The number of carbonyl (C=O) groups is 2. The predicted octanol–water partition coefficient (Wildman–Crippen LogP) is 6.47. The predicted molar refractivity (Wildman–Crippen MR) is 153 cm³/mol. The van der Waals surface area contributed by atoms with Crippen molar-refractivity contribution >= 4 is 67.1 Å². The molecule has 38 heavy (non-hydrogen) atoms. The van der Waals surface area contributed by atoms with Crippen LogP contribution in [0.1, 0.15) is 46.5 Å². The van der Waals surface area contributed by atoms with E-state index in [4.69, 9.17) is 19.8 Å². The smallest absolute Gasteiger partial charge is 0.414 e. The van der Waals surface area contributed by atoms with Crippen molar-refractivity contribution in [3.8, 4) is 0 Å². The van der Waals surface area contributed by atoms with Crippen LogP contribution in [0.5, 0.6) is 0 Å². The number of nitrogens with zero attached hydrogens (tertiary/aromatic N) is 2. The molecule has 2 aliphatic rings. The quantitative estimate of drug-likeness (QED) is 0.186. The second-order valence-corrected chi connectivity index (χ2v) is 10.4. The van der Waals surface area contributed by atoms with Crippen molar-refractivity contribution in [1.29, 1.82) is 0 Å². The third-order valence-electron chi connectivity index (χ3n) is 6.04. The summed E-state index contributed by atoms with van der Waals surface area (Å²) in [4.78, 5) is 32.5. The number of halogens is 2. The molecule has 2 aromatic carbocycles. The van der Waals surface area contributed by atoms with E-state index in [-0.39, 0.29) is 0 Å². The van der Waals surface area contributed by atoms with Crippen molar-refractivity contribution in [3.05, 3.63) is 104 Å². The molecule has 2 aromatic heterocycles. The molecule has 2 aliphatic carbocycles. The van der Waals surface area contributed by atoms with E-state index in [2.05, 4.69) is 100 Å². The van der Waals surface area contributed by atoms with E-state index in [1.165, 1.54) is 33.4 Å². The molecule has 10 heteroatoms. The minimum atomic E-state index is -1.82. The lowest BCUT2D eigenvalue weighted by atomic mass is 10.1. The van der Waals surface area contributed by atoms with Crippen molar-refractivity contribution in [2.24, 2.45) is 0 Å². The van der Waals surface area contributed by atoms with E-state index in [9.17, 15) is 0 Å². The molecule has 0 saturated heterocycles. The lowest BCUT2D eigenvalue weighted by Crippen LogP contribution is -2.09. The van der Waals surface area contributed by atoms with Gasteiger partial charge in [-0.2, -0.15) is 0 Å². The van der Waals surface area contributed by atoms with Crippen LogP contribution in [-0.4, -0.2) is 42.1 Å². The Balaban J connectivity index is 0.000000147. The number of benzene rings is 2. The van der Waals surface area contributed by atoms with Gasteiger partial charge in [-0.15, -0.1) is 0 Å². The summed E-state index contributed by atoms with van der Waals surface area (Å²) in [6, 6.07) is 13.0. The van der Waals surface area contributed by atoms with Gasteiger partial charge in [-0.3, -0.25) is 0 Å². The van der Waals surface area contributed by atoms with E-state index in [1.54, 1.807) is 12.7 Å². The summed E-state index contributed by atoms with van der Waals surface area (Å²) in [5.74, 6) is -3.65. The van der Waals surface area contributed by atoms with Crippen LogP contribution in [0.2, 0.25) is 0 Å². The van der Waals surface area contributed by atoms with E-state index < -0.39 is 11.9 Å². The van der Waals surface area contributed by atoms with Crippen LogP contribution in [0.4, 0.5) is 0 Å². The number of carboxylic acids is 2. The Morgan fingerprint density at radius 1 is 0.711 bits per heavy atom. The van der Waals surface area contributed by atoms with Crippen molar-refractivity contribution in [3.63, 3.8) is 0 Å². The third kappa shape index (κ3) is 7.17. The van der Waals surface area contributed by atoms with Crippen LogP contribution in [0.25, 0.3) is 23.3 Å². The van der Waals surface area contributed by atoms with Crippen LogP contribution in [0.3, 0.4) is 0 Å². The molecule has 0 radical (unpaired) electrons. The number of aryl methyl sites for hydroxylation is 2. The number of rotatable bonds is 2. The summed E-state index contributed by atoms with van der Waals surface area (Å²) in [7, 11) is 0. The van der Waals surface area contributed by atoms with Gasteiger partial charge in [-0.25, -0.2) is 19.6 Å². The maximum absolute atomic E-state index is 9.10. The molecule has 0 atom stereocenters. The molecule has 2 heterocycles. The van der Waals surface area contributed by atoms with E-state index in [1.807, 2.05) is 12.4 Å². The highest BCUT2D eigenvalue weighted by Gasteiger charge is 2.17. The molecule has 0 fully saturated rings. The number of allylic oxidation sites excluding steroid dienone is 2. The number of hydrogen-bond acceptors (Lipinski definition) is 4. The number of aromatic amines is 2. The SMILES string of the molecule is Brc1ccc2c(c1)CC/C2=C/c1cnc[nH]1.Brc1ccc2c(c1)CC/C2=C/c1cnc[nH]1.O=C(O)C(=O)O. The summed E-state index contributed by atoms with van der Waals surface area (Å²) in [6.45, 7) is 0. The normalized spacial score (nSPS) is 15.2. The van der Waals surface area contributed by atoms with Crippen molar-refractivity contribution in [2.45, 2.75) is 25.7 Å². The van der Waals surface area contributed by atoms with Gasteiger partial charge in [0.15, 0.2) is 0 Å². The van der Waals surface area contributed by atoms with Gasteiger partial charge in [-0.1, -0.05) is 44.0 Å².